The zero-order chi connectivity index (χ0) is 7.12. The summed E-state index contributed by atoms with van der Waals surface area (Å²) >= 11 is 2.71. The summed E-state index contributed by atoms with van der Waals surface area (Å²) < 4.78 is 0. The Balaban J connectivity index is 2.58. The lowest BCUT2D eigenvalue weighted by molar-refractivity contribution is 1.41. The Morgan fingerprint density at radius 3 is 2.11 bits per heavy atom. The van der Waals surface area contributed by atoms with Crippen molar-refractivity contribution in [2.75, 3.05) is 17.4 Å². The Morgan fingerprint density at radius 1 is 1.44 bits per heavy atom. The zero-order valence-corrected chi connectivity index (χ0v) is 10.4. The topological polar surface area (TPSA) is 0 Å². The van der Waals surface area contributed by atoms with Crippen LogP contribution in [-0.2, 0) is 0 Å². The van der Waals surface area contributed by atoms with Gasteiger partial charge in [-0.1, -0.05) is 13.1 Å². The Kier molecular flexibility index (Phi) is 2.25. The molecule has 1 aliphatic heterocycles. The van der Waals surface area contributed by atoms with Gasteiger partial charge in [-0.2, -0.15) is 7.20 Å². The molecule has 0 nitrogen and oxygen atoms in total. The summed E-state index contributed by atoms with van der Waals surface area (Å²) in [4.78, 5) is 0. The molecule has 0 aromatic heterocycles. The van der Waals surface area contributed by atoms with Crippen LogP contribution in [0.25, 0.3) is 0 Å². The molecule has 1 fully saturated rings. The largest absolute Gasteiger partial charge is 0.193 e. The van der Waals surface area contributed by atoms with Crippen LogP contribution in [0.1, 0.15) is 0 Å². The fraction of sp³-hybridized carbons (Fsp3) is 1.00. The first-order valence-electron chi connectivity index (χ1n) is 3.35. The van der Waals surface area contributed by atoms with Crippen molar-refractivity contribution in [3.05, 3.63) is 0 Å². The van der Waals surface area contributed by atoms with E-state index in [1.54, 1.807) is 17.2 Å². The molecule has 1 atom stereocenters. The maximum Gasteiger partial charge on any atom is 0.0576 e. The molecule has 1 heterocycles. The van der Waals surface area contributed by atoms with E-state index in [0.29, 0.717) is 0 Å². The average Bonchev–Trinajstić information content (AvgIpc) is 1.78. The third kappa shape index (κ3) is 2.42. The second-order valence-corrected chi connectivity index (χ2v) is 19.0. The molecule has 9 heavy (non-hydrogen) atoms. The summed E-state index contributed by atoms with van der Waals surface area (Å²) in [7, 11) is -0.768. The summed E-state index contributed by atoms with van der Waals surface area (Å²) in [6.45, 7) is 5.06. The maximum absolute atomic E-state index is 2.71. The van der Waals surface area contributed by atoms with Gasteiger partial charge >= 0.3 is 0 Å². The molecule has 3 heteroatoms. The van der Waals surface area contributed by atoms with Crippen molar-refractivity contribution in [1.29, 1.82) is 0 Å². The Labute approximate surface area is 72.7 Å². The second kappa shape index (κ2) is 2.41. The van der Waals surface area contributed by atoms with E-state index in [2.05, 4.69) is 40.6 Å². The third-order valence-electron chi connectivity index (χ3n) is 1.90. The van der Waals surface area contributed by atoms with Crippen LogP contribution in [0.4, 0.5) is 0 Å². The van der Waals surface area contributed by atoms with E-state index >= 15 is 0 Å². The first-order valence-corrected chi connectivity index (χ1v) is 11.7. The number of rotatable bonds is 0. The summed E-state index contributed by atoms with van der Waals surface area (Å²) in [5, 5.41) is 1.61. The van der Waals surface area contributed by atoms with Crippen LogP contribution in [0.5, 0.6) is 0 Å². The lowest BCUT2D eigenvalue weighted by atomic mass is 11.0. The van der Waals surface area contributed by atoms with Gasteiger partial charge in [-0.05, 0) is 44.6 Å². The minimum absolute atomic E-state index is 0.122. The van der Waals surface area contributed by atoms with Crippen LogP contribution in [0, 0.1) is 0 Å². The second-order valence-electron chi connectivity index (χ2n) is 3.92. The first kappa shape index (κ1) is 8.39. The van der Waals surface area contributed by atoms with E-state index < -0.39 is 8.07 Å². The highest BCUT2D eigenvalue weighted by Gasteiger charge is 2.35. The van der Waals surface area contributed by atoms with Gasteiger partial charge in [0.1, 0.15) is 0 Å². The van der Waals surface area contributed by atoms with Gasteiger partial charge in [0.2, 0.25) is 0 Å². The quantitative estimate of drug-likeness (QED) is 0.470. The average molecular weight is 274 g/mol. The van der Waals surface area contributed by atoms with Crippen LogP contribution in [-0.4, -0.2) is 25.5 Å². The smallest absolute Gasteiger partial charge is 0.0576 e. The predicted molar refractivity (Wildman–Crippen MR) is 59.6 cm³/mol. The normalized spacial score (nSPS) is 48.4. The molecule has 0 amide bonds. The molecule has 0 radical (unpaired) electrons. The summed E-state index contributed by atoms with van der Waals surface area (Å²) in [5.41, 5.74) is 0. The van der Waals surface area contributed by atoms with Crippen LogP contribution >= 0.6 is 28.4 Å². The highest BCUT2D eigenvalue weighted by molar-refractivity contribution is 14.2. The number of hydrogen-bond acceptors (Lipinski definition) is 0. The fourth-order valence-corrected chi connectivity index (χ4v) is 22.6. The molecule has 0 bridgehead atoms. The van der Waals surface area contributed by atoms with Crippen molar-refractivity contribution in [1.82, 2.24) is 0 Å². The van der Waals surface area contributed by atoms with Crippen molar-refractivity contribution in [2.24, 2.45) is 0 Å². The fourth-order valence-electron chi connectivity index (χ4n) is 1.45. The van der Waals surface area contributed by atoms with E-state index in [1.807, 2.05) is 0 Å². The van der Waals surface area contributed by atoms with Crippen molar-refractivity contribution < 1.29 is 0 Å². The molecule has 56 valence electrons. The number of hydrogen-bond donors (Lipinski definition) is 0. The summed E-state index contributed by atoms with van der Waals surface area (Å²) in [6, 6.07) is 1.59. The molecule has 0 saturated carbocycles. The minimum atomic E-state index is -0.646. The monoisotopic (exact) mass is 274 g/mol. The van der Waals surface area contributed by atoms with Gasteiger partial charge in [0.15, 0.2) is 0 Å². The van der Waals surface area contributed by atoms with Gasteiger partial charge in [0.25, 0.3) is 0 Å². The van der Waals surface area contributed by atoms with E-state index in [-0.39, 0.29) is 7.20 Å². The van der Waals surface area contributed by atoms with E-state index in [4.69, 9.17) is 0 Å². The van der Waals surface area contributed by atoms with Gasteiger partial charge in [0, 0.05) is 0 Å². The Bertz CT molecular complexity index is 108. The Morgan fingerprint density at radius 2 is 2.00 bits per heavy atom. The summed E-state index contributed by atoms with van der Waals surface area (Å²) in [6.07, 6.45) is 2.48. The van der Waals surface area contributed by atoms with Crippen molar-refractivity contribution in [2.45, 2.75) is 19.1 Å². The highest BCUT2D eigenvalue weighted by atomic mass is 127. The molecule has 1 saturated heterocycles. The minimum Gasteiger partial charge on any atom is -0.193 e. The van der Waals surface area contributed by atoms with Crippen molar-refractivity contribution in [3.63, 3.8) is 0 Å². The molecule has 0 aromatic carbocycles. The zero-order valence-electron chi connectivity index (χ0n) is 6.41. The highest BCUT2D eigenvalue weighted by Crippen LogP contribution is 2.60. The van der Waals surface area contributed by atoms with Crippen LogP contribution in [0.3, 0.4) is 0 Å². The van der Waals surface area contributed by atoms with Crippen LogP contribution in [0.15, 0.2) is 0 Å². The predicted octanol–water partition coefficient (Wildman–Crippen LogP) is 3.03. The lowest BCUT2D eigenvalue weighted by Gasteiger charge is -2.23. The number of halogens is 1. The molecule has 0 N–H and O–H groups in total. The first-order chi connectivity index (χ1) is 3.91. The van der Waals surface area contributed by atoms with Gasteiger partial charge < -0.3 is 0 Å². The van der Waals surface area contributed by atoms with E-state index in [1.165, 1.54) is 0 Å². The molecule has 0 aliphatic carbocycles. The van der Waals surface area contributed by atoms with Gasteiger partial charge in [-0.15, -0.1) is 0 Å². The van der Waals surface area contributed by atoms with Crippen molar-refractivity contribution >= 4 is 36.5 Å². The maximum atomic E-state index is 2.71. The molecule has 1 rings (SSSR count). The van der Waals surface area contributed by atoms with E-state index in [9.17, 15) is 0 Å². The van der Waals surface area contributed by atoms with Gasteiger partial charge in [0.05, 0.1) is 8.07 Å². The van der Waals surface area contributed by atoms with E-state index in [0.717, 1.165) is 0 Å². The lowest BCUT2D eigenvalue weighted by Crippen LogP contribution is -2.25. The summed E-state index contributed by atoms with van der Waals surface area (Å²) in [5.74, 6) is 1.55. The van der Waals surface area contributed by atoms with Gasteiger partial charge in [-0.3, -0.25) is 0 Å². The Hall–Kier alpha value is 1.30. The standard InChI is InChI=1S/C6H15ISSi/c1-8(7)4-5-9(2,3)6-8/h4-6H2,1-3H3. The van der Waals surface area contributed by atoms with Crippen LogP contribution < -0.4 is 0 Å². The molecular weight excluding hydrogens is 259 g/mol. The molecule has 0 aromatic rings. The van der Waals surface area contributed by atoms with Crippen LogP contribution in [0.2, 0.25) is 19.1 Å². The molecule has 0 spiro atoms. The SMILES string of the molecule is C[Si]1(C)CCS(C)(I)C1. The molecule has 1 aliphatic rings. The van der Waals surface area contributed by atoms with Crippen molar-refractivity contribution in [3.8, 4) is 0 Å². The third-order valence-corrected chi connectivity index (χ3v) is 14.6. The molecule has 1 unspecified atom stereocenters. The van der Waals surface area contributed by atoms with Gasteiger partial charge in [-0.25, -0.2) is 0 Å². The molecular formula is C6H15ISSi.